The van der Waals surface area contributed by atoms with Gasteiger partial charge in [0.05, 0.1) is 18.9 Å². The Bertz CT molecular complexity index is 478. The van der Waals surface area contributed by atoms with Gasteiger partial charge in [0.1, 0.15) is 0 Å². The van der Waals surface area contributed by atoms with Gasteiger partial charge in [-0.3, -0.25) is 4.68 Å². The van der Waals surface area contributed by atoms with Gasteiger partial charge in [-0.15, -0.1) is 0 Å². The molecule has 1 aromatic heterocycles. The van der Waals surface area contributed by atoms with Gasteiger partial charge >= 0.3 is 0 Å². The van der Waals surface area contributed by atoms with Crippen LogP contribution in [0.3, 0.4) is 0 Å². The fourth-order valence-electron chi connectivity index (χ4n) is 3.27. The average Bonchev–Trinajstić information content (AvgIpc) is 3.01. The first-order chi connectivity index (χ1) is 10.1. The van der Waals surface area contributed by atoms with Gasteiger partial charge in [-0.05, 0) is 25.7 Å². The molecule has 21 heavy (non-hydrogen) atoms. The lowest BCUT2D eigenvalue weighted by molar-refractivity contribution is -0.191. The van der Waals surface area contributed by atoms with Crippen molar-refractivity contribution in [2.24, 2.45) is 13.0 Å². The Morgan fingerprint density at radius 1 is 1.43 bits per heavy atom. The number of hydrogen-bond donors (Lipinski definition) is 1. The summed E-state index contributed by atoms with van der Waals surface area (Å²) in [6.07, 6.45) is 6.64. The van der Waals surface area contributed by atoms with E-state index in [0.29, 0.717) is 6.61 Å². The molecule has 1 aliphatic heterocycles. The SMILES string of the molecule is Cc1c(CNCC2COC3(CCC(C)CC3)O2)cnn1C. The van der Waals surface area contributed by atoms with Crippen molar-refractivity contribution < 1.29 is 9.47 Å². The maximum atomic E-state index is 6.21. The third-order valence-electron chi connectivity index (χ3n) is 4.97. The first-order valence-corrected chi connectivity index (χ1v) is 8.08. The van der Waals surface area contributed by atoms with Crippen LogP contribution in [-0.2, 0) is 23.1 Å². The lowest BCUT2D eigenvalue weighted by atomic mass is 9.86. The molecule has 0 radical (unpaired) electrons. The fourth-order valence-corrected chi connectivity index (χ4v) is 3.27. The molecular weight excluding hydrogens is 266 g/mol. The summed E-state index contributed by atoms with van der Waals surface area (Å²) in [4.78, 5) is 0. The number of rotatable bonds is 4. The number of hydrogen-bond acceptors (Lipinski definition) is 4. The van der Waals surface area contributed by atoms with E-state index in [0.717, 1.165) is 31.8 Å². The lowest BCUT2D eigenvalue weighted by Crippen LogP contribution is -2.37. The summed E-state index contributed by atoms with van der Waals surface area (Å²) in [6.45, 7) is 6.80. The lowest BCUT2D eigenvalue weighted by Gasteiger charge is -2.34. The molecule has 1 saturated heterocycles. The molecule has 1 saturated carbocycles. The Labute approximate surface area is 127 Å². The zero-order chi connectivity index (χ0) is 14.9. The van der Waals surface area contributed by atoms with Crippen LogP contribution in [-0.4, -0.2) is 34.8 Å². The highest BCUT2D eigenvalue weighted by atomic mass is 16.7. The van der Waals surface area contributed by atoms with Gasteiger partial charge in [0.25, 0.3) is 0 Å². The van der Waals surface area contributed by atoms with Gasteiger partial charge in [-0.2, -0.15) is 5.10 Å². The normalized spacial score (nSPS) is 32.9. The second kappa shape index (κ2) is 6.07. The molecule has 2 heterocycles. The number of nitrogens with zero attached hydrogens (tertiary/aromatic N) is 2. The van der Waals surface area contributed by atoms with Crippen molar-refractivity contribution in [1.82, 2.24) is 15.1 Å². The minimum absolute atomic E-state index is 0.176. The van der Waals surface area contributed by atoms with E-state index in [1.54, 1.807) is 0 Å². The largest absolute Gasteiger partial charge is 0.347 e. The summed E-state index contributed by atoms with van der Waals surface area (Å²) in [5.74, 6) is 0.539. The molecule has 0 bridgehead atoms. The maximum Gasteiger partial charge on any atom is 0.168 e. The molecule has 3 rings (SSSR count). The number of aryl methyl sites for hydroxylation is 1. The molecule has 2 aliphatic rings. The zero-order valence-corrected chi connectivity index (χ0v) is 13.4. The van der Waals surface area contributed by atoms with Gasteiger partial charge in [0.15, 0.2) is 5.79 Å². The summed E-state index contributed by atoms with van der Waals surface area (Å²) in [5, 5.41) is 7.73. The van der Waals surface area contributed by atoms with Crippen LogP contribution < -0.4 is 5.32 Å². The topological polar surface area (TPSA) is 48.3 Å². The molecule has 2 fully saturated rings. The van der Waals surface area contributed by atoms with Gasteiger partial charge in [0.2, 0.25) is 0 Å². The van der Waals surface area contributed by atoms with E-state index < -0.39 is 0 Å². The summed E-state index contributed by atoms with van der Waals surface area (Å²) in [5.41, 5.74) is 2.46. The van der Waals surface area contributed by atoms with Crippen molar-refractivity contribution in [3.8, 4) is 0 Å². The van der Waals surface area contributed by atoms with Crippen molar-refractivity contribution in [2.75, 3.05) is 13.2 Å². The first kappa shape index (κ1) is 15.0. The van der Waals surface area contributed by atoms with Crippen LogP contribution in [0.25, 0.3) is 0 Å². The van der Waals surface area contributed by atoms with Crippen LogP contribution >= 0.6 is 0 Å². The summed E-state index contributed by atoms with van der Waals surface area (Å²) >= 11 is 0. The van der Waals surface area contributed by atoms with Crippen molar-refractivity contribution in [3.63, 3.8) is 0 Å². The van der Waals surface area contributed by atoms with E-state index in [1.807, 2.05) is 17.9 Å². The van der Waals surface area contributed by atoms with Crippen LogP contribution in [0.1, 0.15) is 43.9 Å². The van der Waals surface area contributed by atoms with Crippen molar-refractivity contribution >= 4 is 0 Å². The molecule has 118 valence electrons. The first-order valence-electron chi connectivity index (χ1n) is 8.08. The Hall–Kier alpha value is -0.910. The predicted octanol–water partition coefficient (Wildman–Crippen LogP) is 2.14. The van der Waals surface area contributed by atoms with E-state index >= 15 is 0 Å². The Morgan fingerprint density at radius 3 is 2.86 bits per heavy atom. The number of ether oxygens (including phenoxy) is 2. The minimum atomic E-state index is -0.275. The Kier molecular flexibility index (Phi) is 4.33. The highest BCUT2D eigenvalue weighted by Crippen LogP contribution is 2.39. The zero-order valence-electron chi connectivity index (χ0n) is 13.4. The summed E-state index contributed by atoms with van der Waals surface area (Å²) < 4.78 is 14.1. The molecule has 0 aromatic carbocycles. The number of aromatic nitrogens is 2. The molecule has 1 spiro atoms. The van der Waals surface area contributed by atoms with Crippen LogP contribution in [0.15, 0.2) is 6.20 Å². The van der Waals surface area contributed by atoms with Gasteiger partial charge in [-0.1, -0.05) is 6.92 Å². The molecule has 1 N–H and O–H groups in total. The van der Waals surface area contributed by atoms with Crippen molar-refractivity contribution in [2.45, 2.75) is 58.0 Å². The van der Waals surface area contributed by atoms with Gasteiger partial charge < -0.3 is 14.8 Å². The third-order valence-corrected chi connectivity index (χ3v) is 4.97. The van der Waals surface area contributed by atoms with E-state index in [-0.39, 0.29) is 11.9 Å². The van der Waals surface area contributed by atoms with Crippen LogP contribution in [0.4, 0.5) is 0 Å². The second-order valence-corrected chi connectivity index (χ2v) is 6.65. The average molecular weight is 293 g/mol. The molecule has 1 unspecified atom stereocenters. The Balaban J connectivity index is 1.44. The smallest absolute Gasteiger partial charge is 0.168 e. The highest BCUT2D eigenvalue weighted by Gasteiger charge is 2.43. The van der Waals surface area contributed by atoms with Gasteiger partial charge in [0, 0.05) is 44.2 Å². The minimum Gasteiger partial charge on any atom is -0.347 e. The van der Waals surface area contributed by atoms with Crippen molar-refractivity contribution in [1.29, 1.82) is 0 Å². The number of nitrogens with one attached hydrogen (secondary N) is 1. The molecule has 0 amide bonds. The molecule has 1 atom stereocenters. The van der Waals surface area contributed by atoms with Crippen LogP contribution in [0, 0.1) is 12.8 Å². The maximum absolute atomic E-state index is 6.21. The predicted molar refractivity (Wildman–Crippen MR) is 80.8 cm³/mol. The molecular formula is C16H27N3O2. The second-order valence-electron chi connectivity index (χ2n) is 6.65. The van der Waals surface area contributed by atoms with E-state index in [9.17, 15) is 0 Å². The van der Waals surface area contributed by atoms with Gasteiger partial charge in [-0.25, -0.2) is 0 Å². The highest BCUT2D eigenvalue weighted by molar-refractivity contribution is 5.15. The molecule has 5 heteroatoms. The van der Waals surface area contributed by atoms with E-state index in [4.69, 9.17) is 9.47 Å². The van der Waals surface area contributed by atoms with E-state index in [2.05, 4.69) is 24.3 Å². The summed E-state index contributed by atoms with van der Waals surface area (Å²) in [6, 6.07) is 0. The standard InChI is InChI=1S/C16H27N3O2/c1-12-4-6-16(7-5-12)20-11-15(21-16)10-17-8-14-9-18-19(3)13(14)2/h9,12,15,17H,4-8,10-11H2,1-3H3. The van der Waals surface area contributed by atoms with Crippen molar-refractivity contribution in [3.05, 3.63) is 17.5 Å². The monoisotopic (exact) mass is 293 g/mol. The quantitative estimate of drug-likeness (QED) is 0.924. The fraction of sp³-hybridized carbons (Fsp3) is 0.812. The Morgan fingerprint density at radius 2 is 2.19 bits per heavy atom. The molecule has 1 aliphatic carbocycles. The molecule has 1 aromatic rings. The van der Waals surface area contributed by atoms with Crippen LogP contribution in [0.5, 0.6) is 0 Å². The molecule has 5 nitrogen and oxygen atoms in total. The summed E-state index contributed by atoms with van der Waals surface area (Å²) in [7, 11) is 1.97. The third kappa shape index (κ3) is 3.30. The van der Waals surface area contributed by atoms with Crippen LogP contribution in [0.2, 0.25) is 0 Å². The van der Waals surface area contributed by atoms with E-state index in [1.165, 1.54) is 24.1 Å².